The third kappa shape index (κ3) is 8.44. The van der Waals surface area contributed by atoms with E-state index in [1.54, 1.807) is 17.0 Å². The molecule has 0 unspecified atom stereocenters. The van der Waals surface area contributed by atoms with Gasteiger partial charge in [0.2, 0.25) is 5.91 Å². The second kappa shape index (κ2) is 14.6. The first-order chi connectivity index (χ1) is 17.1. The number of carbonyl (C=O) groups is 2. The number of rotatable bonds is 14. The Morgan fingerprint density at radius 2 is 1.57 bits per heavy atom. The van der Waals surface area contributed by atoms with E-state index in [1.165, 1.54) is 44.1 Å². The Morgan fingerprint density at radius 3 is 2.29 bits per heavy atom. The monoisotopic (exact) mass is 479 g/mol. The van der Waals surface area contributed by atoms with Crippen molar-refractivity contribution in [2.45, 2.75) is 103 Å². The van der Waals surface area contributed by atoms with Crippen LogP contribution in [0.25, 0.3) is 11.4 Å². The highest BCUT2D eigenvalue weighted by Crippen LogP contribution is 2.24. The van der Waals surface area contributed by atoms with Gasteiger partial charge >= 0.3 is 5.97 Å². The highest BCUT2D eigenvalue weighted by atomic mass is 16.5. The van der Waals surface area contributed by atoms with Crippen molar-refractivity contribution in [1.82, 2.24) is 14.9 Å². The molecule has 0 spiro atoms. The van der Waals surface area contributed by atoms with Crippen LogP contribution < -0.4 is 4.74 Å². The predicted molar refractivity (Wildman–Crippen MR) is 139 cm³/mol. The fraction of sp³-hybridized carbons (Fsp3) is 0.586. The number of ether oxygens (including phenoxy) is 1. The van der Waals surface area contributed by atoms with E-state index in [2.05, 4.69) is 23.8 Å². The Balaban J connectivity index is 1.48. The quantitative estimate of drug-likeness (QED) is 0.175. The molecule has 6 heteroatoms. The smallest absolute Gasteiger partial charge is 0.334 e. The van der Waals surface area contributed by atoms with E-state index in [4.69, 9.17) is 4.74 Å². The van der Waals surface area contributed by atoms with E-state index in [1.807, 2.05) is 24.5 Å². The fourth-order valence-corrected chi connectivity index (χ4v) is 4.58. The summed E-state index contributed by atoms with van der Waals surface area (Å²) in [6.45, 7) is 4.99. The first-order valence-electron chi connectivity index (χ1n) is 13.5. The molecule has 0 aliphatic carbocycles. The molecule has 1 amide bonds. The zero-order valence-electron chi connectivity index (χ0n) is 21.5. The van der Waals surface area contributed by atoms with Crippen molar-refractivity contribution in [1.29, 1.82) is 0 Å². The van der Waals surface area contributed by atoms with Crippen LogP contribution in [0.1, 0.15) is 96.5 Å². The number of esters is 1. The minimum absolute atomic E-state index is 0.0605. The standard InChI is InChI=1S/C29H41N3O3/c1-3-5-7-8-9-11-13-23-21-30-28(31-22-23)24-16-18-25(19-17-24)35-29(34)26-14-12-20-32(26)27(33)15-10-6-4-2/h16-19,21-22,26H,3-15,20H2,1-2H3/t26-/m0/s1. The molecule has 0 radical (unpaired) electrons. The van der Waals surface area contributed by atoms with Gasteiger partial charge in [-0.25, -0.2) is 14.8 Å². The molecule has 6 nitrogen and oxygen atoms in total. The Morgan fingerprint density at radius 1 is 0.914 bits per heavy atom. The molecule has 1 aromatic heterocycles. The van der Waals surface area contributed by atoms with Gasteiger partial charge in [-0.3, -0.25) is 4.79 Å². The number of nitrogens with zero attached hydrogens (tertiary/aromatic N) is 3. The summed E-state index contributed by atoms with van der Waals surface area (Å²) in [4.78, 5) is 36.1. The normalized spacial score (nSPS) is 15.4. The molecule has 0 N–H and O–H groups in total. The first-order valence-corrected chi connectivity index (χ1v) is 13.5. The van der Waals surface area contributed by atoms with Gasteiger partial charge < -0.3 is 9.64 Å². The largest absolute Gasteiger partial charge is 0.425 e. The number of aryl methyl sites for hydroxylation is 1. The molecule has 1 atom stereocenters. The van der Waals surface area contributed by atoms with Gasteiger partial charge in [0.25, 0.3) is 0 Å². The van der Waals surface area contributed by atoms with Gasteiger partial charge in [0, 0.05) is 30.9 Å². The average molecular weight is 480 g/mol. The molecule has 1 aliphatic heterocycles. The Hall–Kier alpha value is -2.76. The summed E-state index contributed by atoms with van der Waals surface area (Å²) in [5, 5.41) is 0. The molecule has 2 heterocycles. The summed E-state index contributed by atoms with van der Waals surface area (Å²) in [6.07, 6.45) is 17.5. The Bertz CT molecular complexity index is 912. The summed E-state index contributed by atoms with van der Waals surface area (Å²) < 4.78 is 5.62. The van der Waals surface area contributed by atoms with Gasteiger partial charge in [-0.2, -0.15) is 0 Å². The Kier molecular flexibility index (Phi) is 11.2. The van der Waals surface area contributed by atoms with Crippen LogP contribution in [0.4, 0.5) is 0 Å². The molecular formula is C29H41N3O3. The topological polar surface area (TPSA) is 72.4 Å². The van der Waals surface area contributed by atoms with Gasteiger partial charge in [-0.1, -0.05) is 58.8 Å². The highest BCUT2D eigenvalue weighted by Gasteiger charge is 2.35. The number of aromatic nitrogens is 2. The third-order valence-corrected chi connectivity index (χ3v) is 6.69. The van der Waals surface area contributed by atoms with Crippen molar-refractivity contribution in [3.8, 4) is 17.1 Å². The van der Waals surface area contributed by atoms with Crippen LogP contribution in [0.15, 0.2) is 36.7 Å². The average Bonchev–Trinajstić information content (AvgIpc) is 3.38. The maximum Gasteiger partial charge on any atom is 0.334 e. The van der Waals surface area contributed by atoms with Crippen LogP contribution in [0.2, 0.25) is 0 Å². The molecule has 35 heavy (non-hydrogen) atoms. The summed E-state index contributed by atoms with van der Waals surface area (Å²) in [5.74, 6) is 0.845. The lowest BCUT2D eigenvalue weighted by atomic mass is 10.1. The van der Waals surface area contributed by atoms with E-state index in [-0.39, 0.29) is 11.9 Å². The van der Waals surface area contributed by atoms with Crippen molar-refractivity contribution < 1.29 is 14.3 Å². The van der Waals surface area contributed by atoms with Gasteiger partial charge in [-0.15, -0.1) is 0 Å². The lowest BCUT2D eigenvalue weighted by Gasteiger charge is -2.23. The summed E-state index contributed by atoms with van der Waals surface area (Å²) >= 11 is 0. The number of benzene rings is 1. The second-order valence-corrected chi connectivity index (χ2v) is 9.58. The van der Waals surface area contributed by atoms with Crippen LogP contribution in [-0.2, 0) is 16.0 Å². The molecule has 190 valence electrons. The SMILES string of the molecule is CCCCCCCCc1cnc(-c2ccc(OC(=O)[C@@H]3CCCN3C(=O)CCCCC)cc2)nc1. The number of amides is 1. The molecule has 1 saturated heterocycles. The highest BCUT2D eigenvalue weighted by molar-refractivity contribution is 5.86. The molecule has 1 fully saturated rings. The van der Waals surface area contributed by atoms with Crippen molar-refractivity contribution in [3.05, 3.63) is 42.2 Å². The fourth-order valence-electron chi connectivity index (χ4n) is 4.58. The molecule has 1 aliphatic rings. The summed E-state index contributed by atoms with van der Waals surface area (Å²) in [5.41, 5.74) is 2.05. The van der Waals surface area contributed by atoms with E-state index in [0.717, 1.165) is 37.7 Å². The van der Waals surface area contributed by atoms with E-state index in [9.17, 15) is 9.59 Å². The summed E-state index contributed by atoms with van der Waals surface area (Å²) in [6, 6.07) is 6.79. The van der Waals surface area contributed by atoms with Crippen LogP contribution in [-0.4, -0.2) is 39.3 Å². The molecule has 0 bridgehead atoms. The molecule has 3 rings (SSSR count). The third-order valence-electron chi connectivity index (χ3n) is 6.69. The zero-order valence-corrected chi connectivity index (χ0v) is 21.5. The molecular weight excluding hydrogens is 438 g/mol. The van der Waals surface area contributed by atoms with Crippen molar-refractivity contribution >= 4 is 11.9 Å². The lowest BCUT2D eigenvalue weighted by molar-refractivity contribution is -0.146. The second-order valence-electron chi connectivity index (χ2n) is 9.58. The zero-order chi connectivity index (χ0) is 24.9. The number of likely N-dealkylation sites (tertiary alicyclic amines) is 1. The van der Waals surface area contributed by atoms with E-state index in [0.29, 0.717) is 31.0 Å². The van der Waals surface area contributed by atoms with E-state index < -0.39 is 6.04 Å². The van der Waals surface area contributed by atoms with Crippen molar-refractivity contribution in [2.24, 2.45) is 0 Å². The molecule has 0 saturated carbocycles. The molecule has 2 aromatic rings. The van der Waals surface area contributed by atoms with Crippen LogP contribution in [0.5, 0.6) is 5.75 Å². The minimum atomic E-state index is -0.480. The van der Waals surface area contributed by atoms with Crippen LogP contribution in [0, 0.1) is 0 Å². The number of unbranched alkanes of at least 4 members (excludes halogenated alkanes) is 7. The number of hydrogen-bond acceptors (Lipinski definition) is 5. The van der Waals surface area contributed by atoms with Gasteiger partial charge in [-0.05, 0) is 61.9 Å². The number of hydrogen-bond donors (Lipinski definition) is 0. The first kappa shape index (κ1) is 26.8. The maximum atomic E-state index is 12.8. The predicted octanol–water partition coefficient (Wildman–Crippen LogP) is 6.52. The van der Waals surface area contributed by atoms with Gasteiger partial charge in [0.05, 0.1) is 0 Å². The minimum Gasteiger partial charge on any atom is -0.425 e. The summed E-state index contributed by atoms with van der Waals surface area (Å²) in [7, 11) is 0. The lowest BCUT2D eigenvalue weighted by Crippen LogP contribution is -2.42. The van der Waals surface area contributed by atoms with Crippen molar-refractivity contribution in [2.75, 3.05) is 6.54 Å². The Labute approximate surface area is 210 Å². The maximum absolute atomic E-state index is 12.8. The van der Waals surface area contributed by atoms with Gasteiger partial charge in [0.1, 0.15) is 11.8 Å². The molecule has 1 aromatic carbocycles. The van der Waals surface area contributed by atoms with Crippen LogP contribution in [0.3, 0.4) is 0 Å². The van der Waals surface area contributed by atoms with E-state index >= 15 is 0 Å². The van der Waals surface area contributed by atoms with Gasteiger partial charge in [0.15, 0.2) is 5.82 Å². The number of carbonyl (C=O) groups excluding carboxylic acids is 2. The van der Waals surface area contributed by atoms with Crippen molar-refractivity contribution in [3.63, 3.8) is 0 Å². The van der Waals surface area contributed by atoms with Crippen LogP contribution >= 0.6 is 0 Å².